The quantitative estimate of drug-likeness (QED) is 0.732. The minimum Gasteiger partial charge on any atom is -0.397 e. The Morgan fingerprint density at radius 2 is 1.94 bits per heavy atom. The Kier molecular flexibility index (Phi) is 2.28. The summed E-state index contributed by atoms with van der Waals surface area (Å²) in [4.78, 5) is 2.40. The Morgan fingerprint density at radius 1 is 1.25 bits per heavy atom. The normalized spacial score (nSPS) is 28.4. The monoisotopic (exact) mass is 218 g/mol. The van der Waals surface area contributed by atoms with Gasteiger partial charge in [-0.25, -0.2) is 0 Å². The molecule has 1 aromatic rings. The Bertz CT molecular complexity index is 373. The van der Waals surface area contributed by atoms with E-state index in [1.807, 2.05) is 12.1 Å². The summed E-state index contributed by atoms with van der Waals surface area (Å²) >= 11 is 0. The van der Waals surface area contributed by atoms with E-state index in [0.717, 1.165) is 18.8 Å². The summed E-state index contributed by atoms with van der Waals surface area (Å²) < 4.78 is 5.85. The molecule has 86 valence electrons. The molecule has 3 rings (SSSR count). The smallest absolute Gasteiger partial charge is 0.0755 e. The zero-order valence-electron chi connectivity index (χ0n) is 9.65. The number of nitrogen functional groups attached to an aromatic ring is 1. The number of ether oxygens (including phenoxy) is 1. The molecule has 2 saturated heterocycles. The van der Waals surface area contributed by atoms with Crippen molar-refractivity contribution >= 4 is 11.4 Å². The van der Waals surface area contributed by atoms with Crippen molar-refractivity contribution in [3.63, 3.8) is 0 Å². The molecule has 2 fully saturated rings. The average Bonchev–Trinajstić information content (AvgIpc) is 2.58. The van der Waals surface area contributed by atoms with Crippen LogP contribution in [-0.4, -0.2) is 25.3 Å². The maximum Gasteiger partial charge on any atom is 0.0755 e. The molecule has 3 nitrogen and oxygen atoms in total. The second kappa shape index (κ2) is 3.67. The molecule has 16 heavy (non-hydrogen) atoms. The summed E-state index contributed by atoms with van der Waals surface area (Å²) in [6, 6.07) is 6.13. The van der Waals surface area contributed by atoms with E-state index in [9.17, 15) is 0 Å². The number of nitrogens with zero attached hydrogens (tertiary/aromatic N) is 1. The molecule has 0 aromatic heterocycles. The van der Waals surface area contributed by atoms with Gasteiger partial charge in [-0.05, 0) is 31.4 Å². The molecule has 1 aromatic carbocycles. The van der Waals surface area contributed by atoms with Gasteiger partial charge >= 0.3 is 0 Å². The number of nitrogens with two attached hydrogens (primary N) is 1. The fourth-order valence-corrected chi connectivity index (χ4v) is 2.91. The van der Waals surface area contributed by atoms with Gasteiger partial charge in [-0.3, -0.25) is 0 Å². The standard InChI is InChI=1S/C13H18N2O/c1-9-3-2-4-12(14)13(9)15-7-10-5-6-11(8-15)16-10/h2-4,10-11H,5-8,14H2,1H3. The lowest BCUT2D eigenvalue weighted by atomic mass is 10.1. The number of hydrogen-bond acceptors (Lipinski definition) is 3. The lowest BCUT2D eigenvalue weighted by molar-refractivity contribution is 0.0305. The molecule has 0 radical (unpaired) electrons. The van der Waals surface area contributed by atoms with Gasteiger partial charge in [0.05, 0.1) is 23.6 Å². The van der Waals surface area contributed by atoms with Gasteiger partial charge in [0, 0.05) is 13.1 Å². The molecular weight excluding hydrogens is 200 g/mol. The number of morpholine rings is 1. The van der Waals surface area contributed by atoms with Crippen molar-refractivity contribution in [3.05, 3.63) is 23.8 Å². The molecule has 2 unspecified atom stereocenters. The molecular formula is C13H18N2O. The second-order valence-corrected chi connectivity index (χ2v) is 4.88. The number of anilines is 2. The number of hydrogen-bond donors (Lipinski definition) is 1. The van der Waals surface area contributed by atoms with Crippen LogP contribution in [0.25, 0.3) is 0 Å². The van der Waals surface area contributed by atoms with E-state index in [1.165, 1.54) is 24.1 Å². The maximum absolute atomic E-state index is 6.08. The number of rotatable bonds is 1. The first-order valence-corrected chi connectivity index (χ1v) is 5.99. The van der Waals surface area contributed by atoms with Crippen LogP contribution < -0.4 is 10.6 Å². The van der Waals surface area contributed by atoms with Crippen LogP contribution in [0.15, 0.2) is 18.2 Å². The lowest BCUT2D eigenvalue weighted by Crippen LogP contribution is -2.43. The van der Waals surface area contributed by atoms with Crippen molar-refractivity contribution in [2.24, 2.45) is 0 Å². The zero-order valence-corrected chi connectivity index (χ0v) is 9.65. The Morgan fingerprint density at radius 3 is 2.56 bits per heavy atom. The fraction of sp³-hybridized carbons (Fsp3) is 0.538. The third kappa shape index (κ3) is 1.55. The van der Waals surface area contributed by atoms with E-state index in [-0.39, 0.29) is 0 Å². The molecule has 0 saturated carbocycles. The number of para-hydroxylation sites is 1. The van der Waals surface area contributed by atoms with Crippen molar-refractivity contribution < 1.29 is 4.74 Å². The van der Waals surface area contributed by atoms with Crippen LogP contribution in [-0.2, 0) is 4.74 Å². The fourth-order valence-electron chi connectivity index (χ4n) is 2.91. The second-order valence-electron chi connectivity index (χ2n) is 4.88. The maximum atomic E-state index is 6.08. The molecule has 2 aliphatic rings. The largest absolute Gasteiger partial charge is 0.397 e. The van der Waals surface area contributed by atoms with Crippen molar-refractivity contribution in [2.45, 2.75) is 32.0 Å². The highest BCUT2D eigenvalue weighted by molar-refractivity contribution is 5.71. The van der Waals surface area contributed by atoms with Gasteiger partial charge in [0.2, 0.25) is 0 Å². The number of benzene rings is 1. The van der Waals surface area contributed by atoms with E-state index < -0.39 is 0 Å². The van der Waals surface area contributed by atoms with Gasteiger partial charge in [0.15, 0.2) is 0 Å². The molecule has 2 N–H and O–H groups in total. The van der Waals surface area contributed by atoms with Gasteiger partial charge < -0.3 is 15.4 Å². The molecule has 2 heterocycles. The summed E-state index contributed by atoms with van der Waals surface area (Å²) in [5.41, 5.74) is 9.45. The van der Waals surface area contributed by atoms with E-state index >= 15 is 0 Å². The Balaban J connectivity index is 1.92. The van der Waals surface area contributed by atoms with E-state index in [4.69, 9.17) is 10.5 Å². The summed E-state index contributed by atoms with van der Waals surface area (Å²) in [7, 11) is 0. The molecule has 0 amide bonds. The summed E-state index contributed by atoms with van der Waals surface area (Å²) in [5.74, 6) is 0. The number of fused-ring (bicyclic) bond motifs is 2. The minimum absolute atomic E-state index is 0.415. The van der Waals surface area contributed by atoms with Crippen LogP contribution in [0.2, 0.25) is 0 Å². The van der Waals surface area contributed by atoms with Gasteiger partial charge in [-0.15, -0.1) is 0 Å². The van der Waals surface area contributed by atoms with Crippen LogP contribution in [0.1, 0.15) is 18.4 Å². The van der Waals surface area contributed by atoms with Crippen LogP contribution in [0.5, 0.6) is 0 Å². The van der Waals surface area contributed by atoms with Gasteiger partial charge in [-0.2, -0.15) is 0 Å². The van der Waals surface area contributed by atoms with Crippen LogP contribution in [0.4, 0.5) is 11.4 Å². The Labute approximate surface area is 96.2 Å². The van der Waals surface area contributed by atoms with E-state index in [2.05, 4.69) is 17.9 Å². The molecule has 0 spiro atoms. The van der Waals surface area contributed by atoms with Crippen molar-refractivity contribution in [3.8, 4) is 0 Å². The molecule has 0 aliphatic carbocycles. The molecule has 2 aliphatic heterocycles. The topological polar surface area (TPSA) is 38.5 Å². The molecule has 2 bridgehead atoms. The summed E-state index contributed by atoms with van der Waals surface area (Å²) in [5, 5.41) is 0. The number of aryl methyl sites for hydroxylation is 1. The first-order chi connectivity index (χ1) is 7.74. The molecule has 2 atom stereocenters. The van der Waals surface area contributed by atoms with Crippen molar-refractivity contribution in [2.75, 3.05) is 23.7 Å². The third-order valence-corrected chi connectivity index (χ3v) is 3.63. The predicted molar refractivity (Wildman–Crippen MR) is 65.7 cm³/mol. The summed E-state index contributed by atoms with van der Waals surface area (Å²) in [6.45, 7) is 4.11. The van der Waals surface area contributed by atoms with Crippen LogP contribution in [0.3, 0.4) is 0 Å². The summed E-state index contributed by atoms with van der Waals surface area (Å²) in [6.07, 6.45) is 3.23. The third-order valence-electron chi connectivity index (χ3n) is 3.63. The average molecular weight is 218 g/mol. The minimum atomic E-state index is 0.415. The first kappa shape index (κ1) is 9.97. The van der Waals surface area contributed by atoms with Crippen molar-refractivity contribution in [1.29, 1.82) is 0 Å². The molecule has 3 heteroatoms. The van der Waals surface area contributed by atoms with Gasteiger partial charge in [-0.1, -0.05) is 12.1 Å². The first-order valence-electron chi connectivity index (χ1n) is 5.99. The predicted octanol–water partition coefficient (Wildman–Crippen LogP) is 1.94. The Hall–Kier alpha value is -1.22. The van der Waals surface area contributed by atoms with E-state index in [0.29, 0.717) is 12.2 Å². The highest BCUT2D eigenvalue weighted by atomic mass is 16.5. The van der Waals surface area contributed by atoms with Crippen molar-refractivity contribution in [1.82, 2.24) is 0 Å². The van der Waals surface area contributed by atoms with E-state index in [1.54, 1.807) is 0 Å². The van der Waals surface area contributed by atoms with Crippen LogP contribution in [0, 0.1) is 6.92 Å². The zero-order chi connectivity index (χ0) is 11.1. The highest BCUT2D eigenvalue weighted by Crippen LogP contribution is 2.34. The highest BCUT2D eigenvalue weighted by Gasteiger charge is 2.34. The SMILES string of the molecule is Cc1cccc(N)c1N1CC2CCC(C1)O2. The lowest BCUT2D eigenvalue weighted by Gasteiger charge is -2.35. The van der Waals surface area contributed by atoms with Gasteiger partial charge in [0.25, 0.3) is 0 Å². The van der Waals surface area contributed by atoms with Crippen LogP contribution >= 0.6 is 0 Å². The van der Waals surface area contributed by atoms with Gasteiger partial charge in [0.1, 0.15) is 0 Å².